The Morgan fingerprint density at radius 2 is 1.39 bits per heavy atom. The number of para-hydroxylation sites is 1. The number of Topliss-reactive ketones (excluding diaryl/α,β-unsaturated/α-hetero) is 1. The number of aryl methyl sites for hydroxylation is 1. The molecule has 1 aromatic heterocycles. The van der Waals surface area contributed by atoms with Gasteiger partial charge in [-0.15, -0.1) is 0 Å². The van der Waals surface area contributed by atoms with E-state index < -0.39 is 0 Å². The molecule has 0 N–H and O–H groups in total. The second-order valence-electron chi connectivity index (χ2n) is 8.64. The maximum Gasteiger partial charge on any atom is 0.162 e. The predicted octanol–water partition coefficient (Wildman–Crippen LogP) is 7.30. The van der Waals surface area contributed by atoms with Gasteiger partial charge in [0.25, 0.3) is 0 Å². The summed E-state index contributed by atoms with van der Waals surface area (Å²) in [6, 6.07) is 28.6. The molecule has 3 nitrogen and oxygen atoms in total. The maximum absolute atomic E-state index is 12.6. The maximum atomic E-state index is 12.6. The van der Waals surface area contributed by atoms with Gasteiger partial charge in [0.1, 0.15) is 0 Å². The van der Waals surface area contributed by atoms with Gasteiger partial charge in [0.05, 0.1) is 11.4 Å². The van der Waals surface area contributed by atoms with Gasteiger partial charge in [0.2, 0.25) is 0 Å². The van der Waals surface area contributed by atoms with Crippen molar-refractivity contribution in [2.45, 2.75) is 19.8 Å². The Bertz CT molecular complexity index is 1240. The normalized spacial score (nSPS) is 11.2. The summed E-state index contributed by atoms with van der Waals surface area (Å²) >= 11 is 6.13. The highest BCUT2D eigenvalue weighted by Crippen LogP contribution is 2.34. The van der Waals surface area contributed by atoms with Crippen LogP contribution in [-0.4, -0.2) is 35.9 Å². The van der Waals surface area contributed by atoms with E-state index in [1.165, 1.54) is 5.56 Å². The molecule has 0 aliphatic carbocycles. The Morgan fingerprint density at radius 1 is 0.818 bits per heavy atom. The van der Waals surface area contributed by atoms with E-state index in [0.29, 0.717) is 6.42 Å². The molecule has 0 aliphatic rings. The number of benzene rings is 3. The van der Waals surface area contributed by atoms with E-state index in [2.05, 4.69) is 64.9 Å². The fourth-order valence-corrected chi connectivity index (χ4v) is 4.23. The number of nitrogens with zero attached hydrogens (tertiary/aromatic N) is 2. The highest BCUT2D eigenvalue weighted by Gasteiger charge is 2.16. The second kappa shape index (κ2) is 10.2. The summed E-state index contributed by atoms with van der Waals surface area (Å²) in [4.78, 5) is 14.7. The lowest BCUT2D eigenvalue weighted by Gasteiger charge is -2.17. The first-order valence-electron chi connectivity index (χ1n) is 11.3. The summed E-state index contributed by atoms with van der Waals surface area (Å²) in [6.07, 6.45) is 1.44. The molecule has 0 saturated carbocycles. The molecule has 4 heteroatoms. The van der Waals surface area contributed by atoms with Crippen LogP contribution < -0.4 is 0 Å². The average molecular weight is 457 g/mol. The van der Waals surface area contributed by atoms with Gasteiger partial charge in [-0.1, -0.05) is 66.2 Å². The summed E-state index contributed by atoms with van der Waals surface area (Å²) in [5.74, 6) is 0.194. The standard InChI is InChI=1S/C29H29ClN2O/c1-21-7-4-5-8-26(21)32-27(18-19-28(32)23-14-16-25(30)17-15-23)22-10-12-24(13-11-22)29(33)9-6-20-31(2)3/h4-5,7-8,10-19H,6,9,20H2,1-3H3. The number of carbonyl (C=O) groups is 1. The highest BCUT2D eigenvalue weighted by atomic mass is 35.5. The van der Waals surface area contributed by atoms with E-state index in [1.807, 2.05) is 50.5 Å². The molecular weight excluding hydrogens is 428 g/mol. The summed E-state index contributed by atoms with van der Waals surface area (Å²) in [6.45, 7) is 3.04. The predicted molar refractivity (Wildman–Crippen MR) is 139 cm³/mol. The molecule has 0 aliphatic heterocycles. The fourth-order valence-electron chi connectivity index (χ4n) is 4.11. The minimum atomic E-state index is 0.194. The van der Waals surface area contributed by atoms with Gasteiger partial charge >= 0.3 is 0 Å². The van der Waals surface area contributed by atoms with Crippen molar-refractivity contribution in [3.8, 4) is 28.2 Å². The van der Waals surface area contributed by atoms with E-state index in [0.717, 1.165) is 51.8 Å². The van der Waals surface area contributed by atoms with Crippen LogP contribution in [0.2, 0.25) is 5.02 Å². The molecule has 0 spiro atoms. The zero-order valence-electron chi connectivity index (χ0n) is 19.4. The fraction of sp³-hybridized carbons (Fsp3) is 0.207. The van der Waals surface area contributed by atoms with E-state index in [1.54, 1.807) is 0 Å². The molecule has 4 rings (SSSR count). The quantitative estimate of drug-likeness (QED) is 0.260. The zero-order chi connectivity index (χ0) is 23.4. The molecule has 0 unspecified atom stereocenters. The van der Waals surface area contributed by atoms with Crippen molar-refractivity contribution in [1.29, 1.82) is 0 Å². The lowest BCUT2D eigenvalue weighted by atomic mass is 10.0. The summed E-state index contributed by atoms with van der Waals surface area (Å²) in [5.41, 5.74) is 7.44. The largest absolute Gasteiger partial charge is 0.309 e. The van der Waals surface area contributed by atoms with Crippen molar-refractivity contribution in [1.82, 2.24) is 9.47 Å². The first kappa shape index (κ1) is 23.0. The van der Waals surface area contributed by atoms with Crippen LogP contribution >= 0.6 is 11.6 Å². The lowest BCUT2D eigenvalue weighted by Crippen LogP contribution is -2.14. The Balaban J connectivity index is 1.71. The SMILES string of the molecule is Cc1ccccc1-n1c(-c2ccc(Cl)cc2)ccc1-c1ccc(C(=O)CCCN(C)C)cc1. The van der Waals surface area contributed by atoms with Crippen LogP contribution in [0.25, 0.3) is 28.2 Å². The number of hydrogen-bond donors (Lipinski definition) is 0. The monoisotopic (exact) mass is 456 g/mol. The highest BCUT2D eigenvalue weighted by molar-refractivity contribution is 6.30. The van der Waals surface area contributed by atoms with Crippen LogP contribution in [0.3, 0.4) is 0 Å². The van der Waals surface area contributed by atoms with Gasteiger partial charge in [-0.2, -0.15) is 0 Å². The van der Waals surface area contributed by atoms with Crippen molar-refractivity contribution in [3.05, 3.63) is 101 Å². The summed E-state index contributed by atoms with van der Waals surface area (Å²) < 4.78 is 2.28. The van der Waals surface area contributed by atoms with Crippen molar-refractivity contribution in [3.63, 3.8) is 0 Å². The van der Waals surface area contributed by atoms with Crippen LogP contribution in [0, 0.1) is 6.92 Å². The van der Waals surface area contributed by atoms with Crippen LogP contribution in [0.15, 0.2) is 84.9 Å². The van der Waals surface area contributed by atoms with Crippen molar-refractivity contribution in [2.24, 2.45) is 0 Å². The van der Waals surface area contributed by atoms with Gasteiger partial charge in [-0.3, -0.25) is 4.79 Å². The van der Waals surface area contributed by atoms with Crippen LogP contribution in [0.5, 0.6) is 0 Å². The molecular formula is C29H29ClN2O. The van der Waals surface area contributed by atoms with E-state index in [-0.39, 0.29) is 5.78 Å². The Morgan fingerprint density at radius 3 is 1.97 bits per heavy atom. The van der Waals surface area contributed by atoms with Gasteiger partial charge < -0.3 is 9.47 Å². The first-order valence-corrected chi connectivity index (χ1v) is 11.6. The van der Waals surface area contributed by atoms with Crippen LogP contribution in [0.1, 0.15) is 28.8 Å². The molecule has 0 amide bonds. The summed E-state index contributed by atoms with van der Waals surface area (Å²) in [7, 11) is 4.06. The minimum absolute atomic E-state index is 0.194. The van der Waals surface area contributed by atoms with Crippen molar-refractivity contribution < 1.29 is 4.79 Å². The molecule has 4 aromatic rings. The topological polar surface area (TPSA) is 25.2 Å². The number of aromatic nitrogens is 1. The van der Waals surface area contributed by atoms with Gasteiger partial charge in [-0.25, -0.2) is 0 Å². The van der Waals surface area contributed by atoms with E-state index in [4.69, 9.17) is 11.6 Å². The molecule has 0 fully saturated rings. The van der Waals surface area contributed by atoms with Gasteiger partial charge in [-0.05, 0) is 81.0 Å². The lowest BCUT2D eigenvalue weighted by molar-refractivity contribution is 0.0977. The van der Waals surface area contributed by atoms with Crippen LogP contribution in [0.4, 0.5) is 0 Å². The van der Waals surface area contributed by atoms with Gasteiger partial charge in [0, 0.05) is 22.7 Å². The Kier molecular flexibility index (Phi) is 7.12. The van der Waals surface area contributed by atoms with Gasteiger partial charge in [0.15, 0.2) is 5.78 Å². The Hall–Kier alpha value is -3.14. The first-order chi connectivity index (χ1) is 15.9. The van der Waals surface area contributed by atoms with Crippen molar-refractivity contribution in [2.75, 3.05) is 20.6 Å². The van der Waals surface area contributed by atoms with Crippen LogP contribution in [-0.2, 0) is 0 Å². The average Bonchev–Trinajstić information content (AvgIpc) is 3.24. The third kappa shape index (κ3) is 5.27. The van der Waals surface area contributed by atoms with Crippen molar-refractivity contribution >= 4 is 17.4 Å². The smallest absolute Gasteiger partial charge is 0.162 e. The number of rotatable bonds is 8. The molecule has 1 heterocycles. The molecule has 0 radical (unpaired) electrons. The molecule has 168 valence electrons. The molecule has 0 saturated heterocycles. The Labute approximate surface area is 201 Å². The number of halogens is 1. The summed E-state index contributed by atoms with van der Waals surface area (Å²) in [5, 5.41) is 0.721. The third-order valence-corrected chi connectivity index (χ3v) is 6.14. The third-order valence-electron chi connectivity index (χ3n) is 5.89. The molecule has 0 atom stereocenters. The number of hydrogen-bond acceptors (Lipinski definition) is 2. The number of carbonyl (C=O) groups excluding carboxylic acids is 1. The minimum Gasteiger partial charge on any atom is -0.309 e. The second-order valence-corrected chi connectivity index (χ2v) is 9.08. The number of ketones is 1. The van der Waals surface area contributed by atoms with E-state index in [9.17, 15) is 4.79 Å². The molecule has 3 aromatic carbocycles. The molecule has 33 heavy (non-hydrogen) atoms. The van der Waals surface area contributed by atoms with E-state index >= 15 is 0 Å². The zero-order valence-corrected chi connectivity index (χ0v) is 20.1. The molecule has 0 bridgehead atoms.